The van der Waals surface area contributed by atoms with Crippen LogP contribution in [0.2, 0.25) is 0 Å². The van der Waals surface area contributed by atoms with E-state index in [1.807, 2.05) is 0 Å². The van der Waals surface area contributed by atoms with Crippen LogP contribution < -0.4 is 0 Å². The minimum atomic E-state index is 0.273. The lowest BCUT2D eigenvalue weighted by Crippen LogP contribution is -2.30. The molecule has 102 valence electrons. The third-order valence-corrected chi connectivity index (χ3v) is 3.87. The minimum Gasteiger partial charge on any atom is -0.304 e. The molecule has 0 saturated heterocycles. The minimum absolute atomic E-state index is 0.273. The van der Waals surface area contributed by atoms with Crippen LogP contribution in [0.15, 0.2) is 24.3 Å². The molecule has 1 rings (SSSR count). The van der Waals surface area contributed by atoms with E-state index in [1.165, 1.54) is 37.1 Å². The smallest absolute Gasteiger partial charge is 0.00106 e. The summed E-state index contributed by atoms with van der Waals surface area (Å²) in [5.74, 6) is 0. The quantitative estimate of drug-likeness (QED) is 0.690. The molecule has 1 heteroatoms. The fourth-order valence-corrected chi connectivity index (χ4v) is 2.33. The van der Waals surface area contributed by atoms with Crippen LogP contribution in [-0.4, -0.2) is 24.5 Å². The van der Waals surface area contributed by atoms with E-state index in [9.17, 15) is 0 Å². The zero-order chi connectivity index (χ0) is 13.6. The number of nitrogens with zero attached hydrogens (tertiary/aromatic N) is 1. The summed E-state index contributed by atoms with van der Waals surface area (Å²) >= 11 is 0. The summed E-state index contributed by atoms with van der Waals surface area (Å²) in [4.78, 5) is 2.55. The second kappa shape index (κ2) is 6.94. The van der Waals surface area contributed by atoms with Gasteiger partial charge in [-0.05, 0) is 50.4 Å². The highest BCUT2D eigenvalue weighted by Gasteiger charge is 2.20. The van der Waals surface area contributed by atoms with Gasteiger partial charge in [0.05, 0.1) is 0 Å². The first-order valence-corrected chi connectivity index (χ1v) is 7.29. The molecule has 0 spiro atoms. The molecule has 0 amide bonds. The summed E-state index contributed by atoms with van der Waals surface area (Å²) in [6.45, 7) is 15.0. The summed E-state index contributed by atoms with van der Waals surface area (Å²) in [7, 11) is 0. The first kappa shape index (κ1) is 15.2. The van der Waals surface area contributed by atoms with Gasteiger partial charge in [0.25, 0.3) is 0 Å². The SMILES string of the molecule is CCCN(CC)CCC(C)(C)c1ccc(C)cc1. The summed E-state index contributed by atoms with van der Waals surface area (Å²) < 4.78 is 0. The van der Waals surface area contributed by atoms with Gasteiger partial charge in [-0.2, -0.15) is 0 Å². The highest BCUT2D eigenvalue weighted by Crippen LogP contribution is 2.27. The largest absolute Gasteiger partial charge is 0.304 e. The molecule has 0 aliphatic heterocycles. The van der Waals surface area contributed by atoms with Gasteiger partial charge in [0.15, 0.2) is 0 Å². The fourth-order valence-electron chi connectivity index (χ4n) is 2.33. The number of hydrogen-bond acceptors (Lipinski definition) is 1. The highest BCUT2D eigenvalue weighted by atomic mass is 15.1. The van der Waals surface area contributed by atoms with Crippen LogP contribution in [0.1, 0.15) is 51.7 Å². The van der Waals surface area contributed by atoms with Gasteiger partial charge >= 0.3 is 0 Å². The van der Waals surface area contributed by atoms with Crippen LogP contribution in [0.25, 0.3) is 0 Å². The van der Waals surface area contributed by atoms with Crippen molar-refractivity contribution in [1.29, 1.82) is 0 Å². The zero-order valence-electron chi connectivity index (χ0n) is 12.8. The summed E-state index contributed by atoms with van der Waals surface area (Å²) in [6.07, 6.45) is 2.47. The second-order valence-corrected chi connectivity index (χ2v) is 5.93. The second-order valence-electron chi connectivity index (χ2n) is 5.93. The molecular weight excluding hydrogens is 218 g/mol. The molecule has 18 heavy (non-hydrogen) atoms. The Morgan fingerprint density at radius 2 is 1.61 bits per heavy atom. The Balaban J connectivity index is 2.60. The molecule has 0 N–H and O–H groups in total. The van der Waals surface area contributed by atoms with Crippen molar-refractivity contribution < 1.29 is 0 Å². The molecule has 0 atom stereocenters. The number of rotatable bonds is 7. The number of benzene rings is 1. The van der Waals surface area contributed by atoms with E-state index in [1.54, 1.807) is 0 Å². The standard InChI is InChI=1S/C17H29N/c1-6-13-18(7-2)14-12-17(4,5)16-10-8-15(3)9-11-16/h8-11H,6-7,12-14H2,1-5H3. The van der Waals surface area contributed by atoms with E-state index in [4.69, 9.17) is 0 Å². The maximum absolute atomic E-state index is 2.55. The average Bonchev–Trinajstić information content (AvgIpc) is 2.35. The molecule has 0 fully saturated rings. The molecule has 0 unspecified atom stereocenters. The molecule has 1 aromatic rings. The van der Waals surface area contributed by atoms with Gasteiger partial charge in [-0.3, -0.25) is 0 Å². The molecule has 0 saturated carbocycles. The Bertz CT molecular complexity index is 337. The van der Waals surface area contributed by atoms with Crippen LogP contribution in [0, 0.1) is 6.92 Å². The number of aryl methyl sites for hydroxylation is 1. The first-order valence-electron chi connectivity index (χ1n) is 7.29. The Hall–Kier alpha value is -0.820. The van der Waals surface area contributed by atoms with Gasteiger partial charge in [0, 0.05) is 0 Å². The Labute approximate surface area is 113 Å². The maximum Gasteiger partial charge on any atom is -0.00106 e. The lowest BCUT2D eigenvalue weighted by molar-refractivity contribution is 0.259. The topological polar surface area (TPSA) is 3.24 Å². The van der Waals surface area contributed by atoms with E-state index in [0.29, 0.717) is 0 Å². The fraction of sp³-hybridized carbons (Fsp3) is 0.647. The van der Waals surface area contributed by atoms with Gasteiger partial charge in [-0.25, -0.2) is 0 Å². The van der Waals surface area contributed by atoms with E-state index < -0.39 is 0 Å². The third kappa shape index (κ3) is 4.45. The maximum atomic E-state index is 2.55. The highest BCUT2D eigenvalue weighted by molar-refractivity contribution is 5.27. The lowest BCUT2D eigenvalue weighted by atomic mass is 9.81. The Morgan fingerprint density at radius 3 is 2.11 bits per heavy atom. The van der Waals surface area contributed by atoms with Crippen LogP contribution >= 0.6 is 0 Å². The first-order chi connectivity index (χ1) is 8.49. The van der Waals surface area contributed by atoms with Crippen molar-refractivity contribution in [1.82, 2.24) is 4.90 Å². The van der Waals surface area contributed by atoms with Crippen LogP contribution in [0.5, 0.6) is 0 Å². The van der Waals surface area contributed by atoms with E-state index >= 15 is 0 Å². The van der Waals surface area contributed by atoms with Crippen molar-refractivity contribution in [3.05, 3.63) is 35.4 Å². The van der Waals surface area contributed by atoms with Gasteiger partial charge in [-0.1, -0.05) is 57.5 Å². The van der Waals surface area contributed by atoms with Gasteiger partial charge in [-0.15, -0.1) is 0 Å². The monoisotopic (exact) mass is 247 g/mol. The molecule has 0 aromatic heterocycles. The third-order valence-electron chi connectivity index (χ3n) is 3.87. The van der Waals surface area contributed by atoms with Crippen molar-refractivity contribution in [2.75, 3.05) is 19.6 Å². The van der Waals surface area contributed by atoms with Gasteiger partial charge in [0.1, 0.15) is 0 Å². The Morgan fingerprint density at radius 1 is 1.00 bits per heavy atom. The Kier molecular flexibility index (Phi) is 5.87. The van der Waals surface area contributed by atoms with Gasteiger partial charge < -0.3 is 4.90 Å². The van der Waals surface area contributed by atoms with E-state index in [0.717, 1.165) is 6.54 Å². The summed E-state index contributed by atoms with van der Waals surface area (Å²) in [5, 5.41) is 0. The predicted octanol–water partition coefficient (Wildman–Crippen LogP) is 4.39. The lowest BCUT2D eigenvalue weighted by Gasteiger charge is -2.29. The van der Waals surface area contributed by atoms with Crippen molar-refractivity contribution in [3.63, 3.8) is 0 Å². The van der Waals surface area contributed by atoms with Gasteiger partial charge in [0.2, 0.25) is 0 Å². The summed E-state index contributed by atoms with van der Waals surface area (Å²) in [5.41, 5.74) is 3.07. The van der Waals surface area contributed by atoms with Crippen molar-refractivity contribution in [2.45, 2.75) is 52.9 Å². The van der Waals surface area contributed by atoms with Crippen LogP contribution in [0.4, 0.5) is 0 Å². The van der Waals surface area contributed by atoms with E-state index in [-0.39, 0.29) is 5.41 Å². The molecule has 0 heterocycles. The van der Waals surface area contributed by atoms with Crippen molar-refractivity contribution >= 4 is 0 Å². The molecular formula is C17H29N. The number of hydrogen-bond donors (Lipinski definition) is 0. The molecule has 0 aliphatic carbocycles. The van der Waals surface area contributed by atoms with Crippen LogP contribution in [0.3, 0.4) is 0 Å². The molecule has 1 aromatic carbocycles. The molecule has 1 nitrogen and oxygen atoms in total. The van der Waals surface area contributed by atoms with Crippen LogP contribution in [-0.2, 0) is 5.41 Å². The zero-order valence-corrected chi connectivity index (χ0v) is 12.8. The van der Waals surface area contributed by atoms with Crippen molar-refractivity contribution in [3.8, 4) is 0 Å². The normalized spacial score (nSPS) is 12.1. The molecule has 0 aliphatic rings. The molecule has 0 bridgehead atoms. The average molecular weight is 247 g/mol. The van der Waals surface area contributed by atoms with Crippen molar-refractivity contribution in [2.24, 2.45) is 0 Å². The van der Waals surface area contributed by atoms with E-state index in [2.05, 4.69) is 63.8 Å². The predicted molar refractivity (Wildman–Crippen MR) is 81.2 cm³/mol. The summed E-state index contributed by atoms with van der Waals surface area (Å²) in [6, 6.07) is 9.01. The molecule has 0 radical (unpaired) electrons.